The zero-order chi connectivity index (χ0) is 22.8. The molecule has 0 fully saturated rings. The Balaban J connectivity index is 1.65. The van der Waals surface area contributed by atoms with Crippen molar-refractivity contribution in [3.8, 4) is 22.9 Å². The number of allylic oxidation sites excluding steroid dienone is 5. The van der Waals surface area contributed by atoms with Crippen LogP contribution in [-0.4, -0.2) is 32.4 Å². The lowest BCUT2D eigenvalue weighted by Crippen LogP contribution is -2.01. The summed E-state index contributed by atoms with van der Waals surface area (Å²) in [7, 11) is 1.63. The number of aromatic hydroxyl groups is 1. The number of carbonyl (C=O) groups is 1. The molecule has 33 heavy (non-hydrogen) atoms. The van der Waals surface area contributed by atoms with Crippen molar-refractivity contribution < 1.29 is 14.6 Å². The molecular weight excluding hydrogens is 415 g/mol. The highest BCUT2D eigenvalue weighted by atomic mass is 16.5. The van der Waals surface area contributed by atoms with Gasteiger partial charge in [0, 0.05) is 18.2 Å². The Morgan fingerprint density at radius 2 is 1.70 bits per heavy atom. The Morgan fingerprint density at radius 3 is 2.39 bits per heavy atom. The van der Waals surface area contributed by atoms with E-state index >= 15 is 0 Å². The van der Waals surface area contributed by atoms with E-state index in [-0.39, 0.29) is 11.7 Å². The number of imidazole rings is 1. The average Bonchev–Trinajstić information content (AvgIpc) is 3.17. The van der Waals surface area contributed by atoms with Crippen LogP contribution in [0.25, 0.3) is 23.0 Å². The molecule has 2 heterocycles. The van der Waals surface area contributed by atoms with Crippen LogP contribution in [0.4, 0.5) is 0 Å². The fourth-order valence-corrected chi connectivity index (χ4v) is 3.74. The van der Waals surface area contributed by atoms with Crippen molar-refractivity contribution in [3.05, 3.63) is 108 Å². The lowest BCUT2D eigenvalue weighted by molar-refractivity contribution is -0.110. The summed E-state index contributed by atoms with van der Waals surface area (Å²) >= 11 is 0. The molecule has 0 unspecified atom stereocenters. The van der Waals surface area contributed by atoms with Crippen LogP contribution >= 0.6 is 0 Å². The number of hydrogen-bond donors (Lipinski definition) is 1. The molecule has 2 aromatic carbocycles. The van der Waals surface area contributed by atoms with E-state index in [1.165, 1.54) is 12.2 Å². The summed E-state index contributed by atoms with van der Waals surface area (Å²) in [6.07, 6.45) is 10.5. The number of carbonyl (C=O) groups excluding carboxylic acids is 1. The molecule has 1 aliphatic carbocycles. The Bertz CT molecular complexity index is 1410. The fourth-order valence-electron chi connectivity index (χ4n) is 3.74. The zero-order valence-corrected chi connectivity index (χ0v) is 18.0. The van der Waals surface area contributed by atoms with Crippen LogP contribution in [0.1, 0.15) is 17.0 Å². The topological polar surface area (TPSA) is 76.7 Å². The zero-order valence-electron chi connectivity index (χ0n) is 18.0. The van der Waals surface area contributed by atoms with Gasteiger partial charge in [0.25, 0.3) is 0 Å². The Labute approximate surface area is 190 Å². The van der Waals surface area contributed by atoms with Gasteiger partial charge in [0.2, 0.25) is 5.88 Å². The van der Waals surface area contributed by atoms with Crippen LogP contribution in [0.3, 0.4) is 0 Å². The molecule has 0 amide bonds. The highest BCUT2D eigenvalue weighted by Gasteiger charge is 2.17. The molecule has 2 aromatic heterocycles. The smallest absolute Gasteiger partial charge is 0.223 e. The van der Waals surface area contributed by atoms with Crippen molar-refractivity contribution in [2.45, 2.75) is 6.42 Å². The van der Waals surface area contributed by atoms with E-state index in [0.717, 1.165) is 28.1 Å². The molecule has 162 valence electrons. The molecule has 0 atom stereocenters. The molecule has 6 nitrogen and oxygen atoms in total. The highest BCUT2D eigenvalue weighted by Crippen LogP contribution is 2.29. The predicted molar refractivity (Wildman–Crippen MR) is 127 cm³/mol. The molecule has 0 saturated heterocycles. The van der Waals surface area contributed by atoms with E-state index < -0.39 is 0 Å². The third-order valence-corrected chi connectivity index (χ3v) is 5.46. The number of methoxy groups -OCH3 is 1. The Hall–Kier alpha value is -4.45. The highest BCUT2D eigenvalue weighted by molar-refractivity contribution is 6.01. The van der Waals surface area contributed by atoms with Gasteiger partial charge in [-0.2, -0.15) is 0 Å². The number of benzene rings is 2. The monoisotopic (exact) mass is 436 g/mol. The maximum atomic E-state index is 11.4. The van der Waals surface area contributed by atoms with Gasteiger partial charge in [-0.1, -0.05) is 42.5 Å². The second-order valence-corrected chi connectivity index (χ2v) is 7.69. The standard InChI is InChI=1S/C27H21N3O3/c1-33-22-13-9-20(10-14-22)25-17-30-26(23(28-25)15-18-5-3-2-4-6-18)29-24(27(30)32)16-19-7-11-21(31)12-8-19/h2-14,16-17,32H,15H2,1H3/i16+1. The summed E-state index contributed by atoms with van der Waals surface area (Å²) in [4.78, 5) is 21.0. The molecule has 1 N–H and O–H groups in total. The molecule has 5 rings (SSSR count). The van der Waals surface area contributed by atoms with Crippen molar-refractivity contribution in [1.82, 2.24) is 14.4 Å². The van der Waals surface area contributed by atoms with Gasteiger partial charge in [-0.3, -0.25) is 9.20 Å². The molecular formula is C27H21N3O3. The SMILES string of the molecule is COc1ccc(-c2cn3c(O)c([13CH]=C4C=CC(=O)C=C4)nc3c(Cc3ccccc3)n2)cc1. The van der Waals surface area contributed by atoms with Gasteiger partial charge in [0.15, 0.2) is 11.4 Å². The number of ether oxygens (including phenoxy) is 1. The van der Waals surface area contributed by atoms with Crippen molar-refractivity contribution in [3.63, 3.8) is 0 Å². The van der Waals surface area contributed by atoms with Crippen molar-refractivity contribution >= 4 is 17.5 Å². The molecule has 0 saturated carbocycles. The van der Waals surface area contributed by atoms with Gasteiger partial charge >= 0.3 is 0 Å². The summed E-state index contributed by atoms with van der Waals surface area (Å²) < 4.78 is 6.93. The van der Waals surface area contributed by atoms with Gasteiger partial charge < -0.3 is 9.84 Å². The van der Waals surface area contributed by atoms with Crippen LogP contribution in [0.2, 0.25) is 0 Å². The van der Waals surface area contributed by atoms with Crippen molar-refractivity contribution in [2.75, 3.05) is 7.11 Å². The quantitative estimate of drug-likeness (QED) is 0.456. The van der Waals surface area contributed by atoms with Crippen LogP contribution < -0.4 is 4.74 Å². The summed E-state index contributed by atoms with van der Waals surface area (Å²) in [6.45, 7) is 0. The van der Waals surface area contributed by atoms with Crippen molar-refractivity contribution in [2.24, 2.45) is 0 Å². The van der Waals surface area contributed by atoms with Crippen LogP contribution in [0.5, 0.6) is 11.6 Å². The minimum Gasteiger partial charge on any atom is -0.497 e. The predicted octanol–water partition coefficient (Wildman–Crippen LogP) is 4.78. The maximum Gasteiger partial charge on any atom is 0.223 e. The van der Waals surface area contributed by atoms with Crippen LogP contribution in [-0.2, 0) is 11.2 Å². The summed E-state index contributed by atoms with van der Waals surface area (Å²) in [5, 5.41) is 11.0. The number of hydrogen-bond acceptors (Lipinski definition) is 5. The molecule has 1 aliphatic rings. The van der Waals surface area contributed by atoms with Gasteiger partial charge in [0.1, 0.15) is 11.4 Å². The fraction of sp³-hybridized carbons (Fsp3) is 0.0741. The third-order valence-electron chi connectivity index (χ3n) is 5.46. The summed E-state index contributed by atoms with van der Waals surface area (Å²) in [5.41, 5.74) is 5.23. The number of nitrogens with zero attached hydrogens (tertiary/aromatic N) is 3. The molecule has 0 aliphatic heterocycles. The first-order valence-electron chi connectivity index (χ1n) is 10.5. The Morgan fingerprint density at radius 1 is 0.970 bits per heavy atom. The molecule has 0 spiro atoms. The van der Waals surface area contributed by atoms with E-state index in [1.807, 2.05) is 54.6 Å². The lowest BCUT2D eigenvalue weighted by atomic mass is 10.1. The molecule has 4 aromatic rings. The second kappa shape index (κ2) is 8.59. The minimum absolute atomic E-state index is 0.0164. The summed E-state index contributed by atoms with van der Waals surface area (Å²) in [5.74, 6) is 0.711. The van der Waals surface area contributed by atoms with Gasteiger partial charge in [0.05, 0.1) is 18.5 Å². The number of ketones is 1. The van der Waals surface area contributed by atoms with Gasteiger partial charge in [-0.15, -0.1) is 0 Å². The third kappa shape index (κ3) is 4.19. The normalized spacial score (nSPS) is 13.0. The first-order valence-corrected chi connectivity index (χ1v) is 10.5. The summed E-state index contributed by atoms with van der Waals surface area (Å²) in [6, 6.07) is 17.7. The van der Waals surface area contributed by atoms with Gasteiger partial charge in [-0.25, -0.2) is 9.97 Å². The van der Waals surface area contributed by atoms with Gasteiger partial charge in [-0.05, 0) is 53.6 Å². The number of fused-ring (bicyclic) bond motifs is 1. The second-order valence-electron chi connectivity index (χ2n) is 7.69. The molecule has 0 bridgehead atoms. The van der Waals surface area contributed by atoms with E-state index in [1.54, 1.807) is 35.9 Å². The number of aromatic nitrogens is 3. The average molecular weight is 436 g/mol. The minimum atomic E-state index is -0.0649. The molecule has 6 heteroatoms. The first kappa shape index (κ1) is 20.5. The number of rotatable bonds is 5. The maximum absolute atomic E-state index is 11.4. The van der Waals surface area contributed by atoms with E-state index in [2.05, 4.69) is 4.98 Å². The lowest BCUT2D eigenvalue weighted by Gasteiger charge is -2.09. The Kier molecular flexibility index (Phi) is 5.32. The molecule has 0 radical (unpaired) electrons. The largest absolute Gasteiger partial charge is 0.497 e. The van der Waals surface area contributed by atoms with E-state index in [0.29, 0.717) is 23.5 Å². The van der Waals surface area contributed by atoms with Crippen molar-refractivity contribution in [1.29, 1.82) is 0 Å². The first-order chi connectivity index (χ1) is 16.1. The van der Waals surface area contributed by atoms with Crippen LogP contribution in [0.15, 0.2) is 90.7 Å². The van der Waals surface area contributed by atoms with E-state index in [4.69, 9.17) is 9.72 Å². The van der Waals surface area contributed by atoms with Crippen LogP contribution in [0, 0.1) is 0 Å². The van der Waals surface area contributed by atoms with E-state index in [9.17, 15) is 9.90 Å².